The Kier molecular flexibility index (Phi) is 5.05. The quantitative estimate of drug-likeness (QED) is 0.868. The van der Waals surface area contributed by atoms with Crippen molar-refractivity contribution in [2.75, 3.05) is 6.61 Å². The molecule has 2 rings (SSSR count). The van der Waals surface area contributed by atoms with Crippen LogP contribution in [0.25, 0.3) is 0 Å². The lowest BCUT2D eigenvalue weighted by Gasteiger charge is -2.17. The monoisotopic (exact) mass is 294 g/mol. The number of pyridine rings is 1. The molecule has 0 radical (unpaired) electrons. The Bertz CT molecular complexity index is 465. The molecule has 0 aromatic carbocycles. The fourth-order valence-corrected chi connectivity index (χ4v) is 2.97. The number of nitrogens with one attached hydrogen (secondary N) is 1. The zero-order valence-electron chi connectivity index (χ0n) is 12.3. The summed E-state index contributed by atoms with van der Waals surface area (Å²) in [7, 11) is 0. The molecule has 4 nitrogen and oxygen atoms in total. The van der Waals surface area contributed by atoms with Gasteiger partial charge in [-0.1, -0.05) is 20.8 Å². The maximum absolute atomic E-state index is 11.9. The lowest BCUT2D eigenvalue weighted by molar-refractivity contribution is -0.130. The van der Waals surface area contributed by atoms with Gasteiger partial charge in [0.15, 0.2) is 0 Å². The van der Waals surface area contributed by atoms with Gasteiger partial charge < -0.3 is 10.1 Å². The molecule has 5 heteroatoms. The lowest BCUT2D eigenvalue weighted by atomic mass is 10.2. The van der Waals surface area contributed by atoms with E-state index in [0.29, 0.717) is 13.2 Å². The highest BCUT2D eigenvalue weighted by atomic mass is 32.2. The van der Waals surface area contributed by atoms with Crippen LogP contribution in [0.5, 0.6) is 0 Å². The Morgan fingerprint density at radius 2 is 2.35 bits per heavy atom. The summed E-state index contributed by atoms with van der Waals surface area (Å²) in [6.07, 6.45) is 3.33. The van der Waals surface area contributed by atoms with Crippen molar-refractivity contribution in [3.63, 3.8) is 0 Å². The number of carbonyl (C=O) groups is 1. The number of hydrogen-bond donors (Lipinski definition) is 1. The van der Waals surface area contributed by atoms with E-state index in [0.717, 1.165) is 23.4 Å². The molecular weight excluding hydrogens is 272 g/mol. The van der Waals surface area contributed by atoms with Gasteiger partial charge in [0.2, 0.25) is 5.91 Å². The van der Waals surface area contributed by atoms with E-state index in [-0.39, 0.29) is 16.8 Å². The highest BCUT2D eigenvalue weighted by molar-refractivity contribution is 8.00. The first-order chi connectivity index (χ1) is 9.44. The highest BCUT2D eigenvalue weighted by Gasteiger charge is 2.23. The van der Waals surface area contributed by atoms with Gasteiger partial charge in [0.25, 0.3) is 0 Å². The molecule has 20 heavy (non-hydrogen) atoms. The van der Waals surface area contributed by atoms with Crippen molar-refractivity contribution in [3.05, 3.63) is 23.9 Å². The van der Waals surface area contributed by atoms with Gasteiger partial charge in [0.05, 0.1) is 5.03 Å². The summed E-state index contributed by atoms with van der Waals surface area (Å²) in [5, 5.41) is 3.92. The molecule has 0 unspecified atom stereocenters. The van der Waals surface area contributed by atoms with Crippen LogP contribution in [0, 0.1) is 0 Å². The number of nitrogens with zero attached hydrogens (tertiary/aromatic N) is 1. The average molecular weight is 294 g/mol. The first-order valence-corrected chi connectivity index (χ1v) is 7.79. The number of hydrogen-bond acceptors (Lipinski definition) is 4. The van der Waals surface area contributed by atoms with Crippen LogP contribution in [0.1, 0.15) is 39.2 Å². The van der Waals surface area contributed by atoms with Crippen molar-refractivity contribution in [1.82, 2.24) is 10.3 Å². The van der Waals surface area contributed by atoms with Gasteiger partial charge in [-0.15, -0.1) is 11.8 Å². The maximum Gasteiger partial charge on any atom is 0.249 e. The van der Waals surface area contributed by atoms with E-state index >= 15 is 0 Å². The van der Waals surface area contributed by atoms with Crippen molar-refractivity contribution in [2.45, 2.75) is 56.0 Å². The molecule has 2 heterocycles. The van der Waals surface area contributed by atoms with Gasteiger partial charge in [0, 0.05) is 24.1 Å². The van der Waals surface area contributed by atoms with E-state index < -0.39 is 0 Å². The minimum Gasteiger partial charge on any atom is -0.368 e. The molecular formula is C15H22N2O2S. The topological polar surface area (TPSA) is 51.2 Å². The summed E-state index contributed by atoms with van der Waals surface area (Å²) in [6.45, 7) is 7.69. The predicted octanol–water partition coefficient (Wildman–Crippen LogP) is 2.77. The summed E-state index contributed by atoms with van der Waals surface area (Å²) in [5.74, 6) is -0.00987. The standard InChI is InChI=1S/C15H22N2O2S/c1-15(2,3)20-13-9-11(6-7-16-13)10-17-14(18)12-5-4-8-19-12/h6-7,9,12H,4-5,8,10H2,1-3H3,(H,17,18)/t12-/m0/s1. The summed E-state index contributed by atoms with van der Waals surface area (Å²) in [5.41, 5.74) is 1.07. The maximum atomic E-state index is 11.9. The molecule has 1 aliphatic rings. The van der Waals surface area contributed by atoms with Crippen LogP contribution in [-0.4, -0.2) is 28.3 Å². The second-order valence-electron chi connectivity index (χ2n) is 5.94. The Labute approximate surface area is 124 Å². The van der Waals surface area contributed by atoms with Gasteiger partial charge in [-0.2, -0.15) is 0 Å². The van der Waals surface area contributed by atoms with E-state index in [1.54, 1.807) is 18.0 Å². The van der Waals surface area contributed by atoms with Gasteiger partial charge >= 0.3 is 0 Å². The van der Waals surface area contributed by atoms with E-state index in [4.69, 9.17) is 4.74 Å². The Balaban J connectivity index is 1.89. The average Bonchev–Trinajstić information content (AvgIpc) is 2.88. The summed E-state index contributed by atoms with van der Waals surface area (Å²) >= 11 is 1.73. The molecule has 1 atom stereocenters. The van der Waals surface area contributed by atoms with Crippen LogP contribution in [0.2, 0.25) is 0 Å². The molecule has 1 fully saturated rings. The van der Waals surface area contributed by atoms with Gasteiger partial charge in [-0.3, -0.25) is 4.79 Å². The number of carbonyl (C=O) groups excluding carboxylic acids is 1. The second-order valence-corrected chi connectivity index (χ2v) is 7.78. The van der Waals surface area contributed by atoms with Crippen molar-refractivity contribution < 1.29 is 9.53 Å². The fraction of sp³-hybridized carbons (Fsp3) is 0.600. The van der Waals surface area contributed by atoms with Crippen molar-refractivity contribution >= 4 is 17.7 Å². The molecule has 110 valence electrons. The zero-order chi connectivity index (χ0) is 14.6. The smallest absolute Gasteiger partial charge is 0.249 e. The van der Waals surface area contributed by atoms with Gasteiger partial charge in [-0.05, 0) is 30.5 Å². The van der Waals surface area contributed by atoms with Crippen LogP contribution >= 0.6 is 11.8 Å². The Hall–Kier alpha value is -1.07. The first-order valence-electron chi connectivity index (χ1n) is 6.97. The second kappa shape index (κ2) is 6.59. The molecule has 1 aromatic rings. The number of amides is 1. The third kappa shape index (κ3) is 4.80. The van der Waals surface area contributed by atoms with Crippen LogP contribution in [0.4, 0.5) is 0 Å². The van der Waals surface area contributed by atoms with Crippen LogP contribution in [0.15, 0.2) is 23.4 Å². The van der Waals surface area contributed by atoms with Crippen LogP contribution < -0.4 is 5.32 Å². The number of thioether (sulfide) groups is 1. The number of ether oxygens (including phenoxy) is 1. The minimum absolute atomic E-state index is 0.00987. The number of rotatable bonds is 4. The third-order valence-electron chi connectivity index (χ3n) is 2.90. The van der Waals surface area contributed by atoms with Crippen molar-refractivity contribution in [3.8, 4) is 0 Å². The van der Waals surface area contributed by atoms with Crippen LogP contribution in [0.3, 0.4) is 0 Å². The van der Waals surface area contributed by atoms with Gasteiger partial charge in [0.1, 0.15) is 6.10 Å². The Morgan fingerprint density at radius 3 is 3.00 bits per heavy atom. The predicted molar refractivity (Wildman–Crippen MR) is 80.7 cm³/mol. The van der Waals surface area contributed by atoms with Crippen LogP contribution in [-0.2, 0) is 16.1 Å². The van der Waals surface area contributed by atoms with Crippen molar-refractivity contribution in [1.29, 1.82) is 0 Å². The highest BCUT2D eigenvalue weighted by Crippen LogP contribution is 2.30. The molecule has 0 spiro atoms. The zero-order valence-corrected chi connectivity index (χ0v) is 13.1. The van der Waals surface area contributed by atoms with E-state index in [2.05, 4.69) is 31.1 Å². The SMILES string of the molecule is CC(C)(C)Sc1cc(CNC(=O)[C@@H]2CCCO2)ccn1. The van der Waals surface area contributed by atoms with E-state index in [1.165, 1.54) is 0 Å². The normalized spacial score (nSPS) is 19.1. The number of aromatic nitrogens is 1. The molecule has 0 saturated carbocycles. The molecule has 1 saturated heterocycles. The molecule has 1 amide bonds. The van der Waals surface area contributed by atoms with Gasteiger partial charge in [-0.25, -0.2) is 4.98 Å². The molecule has 0 aliphatic carbocycles. The lowest BCUT2D eigenvalue weighted by Crippen LogP contribution is -2.33. The molecule has 1 aromatic heterocycles. The molecule has 1 aliphatic heterocycles. The summed E-state index contributed by atoms with van der Waals surface area (Å²) < 4.78 is 5.50. The van der Waals surface area contributed by atoms with E-state index in [9.17, 15) is 4.79 Å². The van der Waals surface area contributed by atoms with Crippen molar-refractivity contribution in [2.24, 2.45) is 0 Å². The largest absolute Gasteiger partial charge is 0.368 e. The summed E-state index contributed by atoms with van der Waals surface area (Å²) in [4.78, 5) is 16.2. The fourth-order valence-electron chi connectivity index (χ4n) is 2.02. The summed E-state index contributed by atoms with van der Waals surface area (Å²) in [6, 6.07) is 3.97. The Morgan fingerprint density at radius 1 is 1.55 bits per heavy atom. The van der Waals surface area contributed by atoms with E-state index in [1.807, 2.05) is 12.1 Å². The minimum atomic E-state index is -0.264. The first kappa shape index (κ1) is 15.3. The third-order valence-corrected chi connectivity index (χ3v) is 3.94. The molecule has 0 bridgehead atoms. The molecule has 1 N–H and O–H groups in total.